The Morgan fingerprint density at radius 2 is 1.46 bits per heavy atom. The largest absolute Gasteiger partial charge is 0.541 e. The molecule has 0 spiro atoms. The SMILES string of the molecule is CC(C)(C)[Si](C)(C)Oc1cccc(-c2[c]c3c(s2)C=C(S(=O)(=O)C(F)(F)F)CC3=O)c1O[Si](C)(C)C(C)(C)C. The minimum absolute atomic E-state index is 0.0742. The van der Waals surface area contributed by atoms with Crippen LogP contribution in [0, 0.1) is 6.07 Å². The zero-order valence-electron chi connectivity index (χ0n) is 24.0. The molecule has 0 N–H and O–H groups in total. The highest BCUT2D eigenvalue weighted by Gasteiger charge is 2.49. The second-order valence-corrected chi connectivity index (χ2v) is 25.3. The van der Waals surface area contributed by atoms with Crippen LogP contribution in [-0.4, -0.2) is 36.3 Å². The van der Waals surface area contributed by atoms with Crippen LogP contribution in [0.1, 0.15) is 63.2 Å². The van der Waals surface area contributed by atoms with Crippen molar-refractivity contribution in [2.45, 2.75) is 89.7 Å². The summed E-state index contributed by atoms with van der Waals surface area (Å²) in [6.45, 7) is 21.2. The number of para-hydroxylation sites is 1. The van der Waals surface area contributed by atoms with Crippen LogP contribution in [0.15, 0.2) is 23.1 Å². The Hall–Kier alpha value is -1.90. The molecule has 0 fully saturated rings. The first kappa shape index (κ1) is 31.6. The summed E-state index contributed by atoms with van der Waals surface area (Å²) in [5, 5.41) is -0.241. The second kappa shape index (κ2) is 9.88. The summed E-state index contributed by atoms with van der Waals surface area (Å²) in [4.78, 5) is 12.4. The van der Waals surface area contributed by atoms with E-state index in [-0.39, 0.29) is 20.5 Å². The number of hydrogen-bond donors (Lipinski definition) is 0. The predicted molar refractivity (Wildman–Crippen MR) is 156 cm³/mol. The van der Waals surface area contributed by atoms with Gasteiger partial charge in [-0.1, -0.05) is 47.6 Å². The van der Waals surface area contributed by atoms with E-state index in [1.165, 1.54) is 0 Å². The van der Waals surface area contributed by atoms with Crippen LogP contribution >= 0.6 is 11.3 Å². The fourth-order valence-corrected chi connectivity index (χ4v) is 7.40. The van der Waals surface area contributed by atoms with E-state index in [0.29, 0.717) is 21.9 Å². The first-order valence-corrected chi connectivity index (χ1v) is 20.6. The number of allylic oxidation sites excluding steroid dienone is 1. The van der Waals surface area contributed by atoms with Gasteiger partial charge in [-0.2, -0.15) is 13.2 Å². The molecule has 0 unspecified atom stereocenters. The lowest BCUT2D eigenvalue weighted by Gasteiger charge is -2.40. The van der Waals surface area contributed by atoms with Gasteiger partial charge in [-0.05, 0) is 54.5 Å². The second-order valence-electron chi connectivity index (χ2n) is 12.8. The van der Waals surface area contributed by atoms with Crippen molar-refractivity contribution in [1.29, 1.82) is 0 Å². The molecule has 1 aliphatic carbocycles. The summed E-state index contributed by atoms with van der Waals surface area (Å²) >= 11 is 1.01. The molecule has 12 heteroatoms. The van der Waals surface area contributed by atoms with E-state index in [0.717, 1.165) is 17.4 Å². The summed E-state index contributed by atoms with van der Waals surface area (Å²) in [6, 6.07) is 8.49. The lowest BCUT2D eigenvalue weighted by Crippen LogP contribution is -2.45. The lowest BCUT2D eigenvalue weighted by molar-refractivity contribution is -0.0426. The van der Waals surface area contributed by atoms with Gasteiger partial charge in [0.05, 0.1) is 4.91 Å². The van der Waals surface area contributed by atoms with Gasteiger partial charge >= 0.3 is 5.51 Å². The van der Waals surface area contributed by atoms with Gasteiger partial charge in [0.25, 0.3) is 26.5 Å². The number of rotatable bonds is 6. The number of halogens is 3. The Morgan fingerprint density at radius 3 is 1.97 bits per heavy atom. The summed E-state index contributed by atoms with van der Waals surface area (Å²) in [6.07, 6.45) is 0.0813. The molecule has 0 amide bonds. The molecule has 0 aliphatic heterocycles. The van der Waals surface area contributed by atoms with Gasteiger partial charge in [0, 0.05) is 33.4 Å². The van der Waals surface area contributed by atoms with Crippen LogP contribution in [0.5, 0.6) is 11.5 Å². The number of thiophene rings is 1. The molecule has 0 atom stereocenters. The first-order chi connectivity index (χ1) is 17.4. The van der Waals surface area contributed by atoms with Gasteiger partial charge in [0.2, 0.25) is 0 Å². The average molecular weight is 618 g/mol. The minimum atomic E-state index is -5.62. The Kier molecular flexibility index (Phi) is 8.01. The lowest BCUT2D eigenvalue weighted by atomic mass is 10.0. The molecular formula is C27H36F3O5S2Si2. The van der Waals surface area contributed by atoms with Crippen LogP contribution in [-0.2, 0) is 9.84 Å². The molecule has 2 aromatic rings. The van der Waals surface area contributed by atoms with Gasteiger partial charge in [-0.15, -0.1) is 11.3 Å². The quantitative estimate of drug-likeness (QED) is 0.303. The number of fused-ring (bicyclic) bond motifs is 1. The average Bonchev–Trinajstić information content (AvgIpc) is 3.17. The van der Waals surface area contributed by atoms with Crippen LogP contribution < -0.4 is 8.85 Å². The number of benzene rings is 1. The number of ketones is 1. The van der Waals surface area contributed by atoms with Crippen molar-refractivity contribution in [3.63, 3.8) is 0 Å². The molecule has 5 nitrogen and oxygen atoms in total. The number of alkyl halides is 3. The molecule has 1 aromatic carbocycles. The molecule has 0 bridgehead atoms. The highest BCUT2D eigenvalue weighted by molar-refractivity contribution is 7.96. The van der Waals surface area contributed by atoms with E-state index in [1.807, 2.05) is 6.07 Å². The van der Waals surface area contributed by atoms with Crippen LogP contribution in [0.2, 0.25) is 36.3 Å². The Labute approximate surface area is 235 Å². The highest BCUT2D eigenvalue weighted by Crippen LogP contribution is 2.49. The summed E-state index contributed by atoms with van der Waals surface area (Å²) < 4.78 is 77.1. The number of sulfone groups is 1. The zero-order valence-corrected chi connectivity index (χ0v) is 27.6. The van der Waals surface area contributed by atoms with Crippen LogP contribution in [0.25, 0.3) is 16.5 Å². The van der Waals surface area contributed by atoms with Crippen molar-refractivity contribution in [3.05, 3.63) is 39.6 Å². The number of carbonyl (C=O) groups is 1. The molecule has 0 saturated heterocycles. The number of carbonyl (C=O) groups excluding carboxylic acids is 1. The van der Waals surface area contributed by atoms with E-state index in [2.05, 4.69) is 73.8 Å². The van der Waals surface area contributed by atoms with Crippen LogP contribution in [0.4, 0.5) is 13.2 Å². The van der Waals surface area contributed by atoms with Gasteiger partial charge in [0.15, 0.2) is 11.5 Å². The fourth-order valence-electron chi connectivity index (χ4n) is 3.27. The van der Waals surface area contributed by atoms with Crippen molar-refractivity contribution < 1.29 is 35.2 Å². The Balaban J connectivity index is 2.23. The highest BCUT2D eigenvalue weighted by atomic mass is 32.2. The van der Waals surface area contributed by atoms with E-state index >= 15 is 0 Å². The van der Waals surface area contributed by atoms with Crippen LogP contribution in [0.3, 0.4) is 0 Å². The maximum absolute atomic E-state index is 13.2. The molecule has 39 heavy (non-hydrogen) atoms. The molecule has 0 saturated carbocycles. The summed E-state index contributed by atoms with van der Waals surface area (Å²) in [7, 11) is -10.3. The van der Waals surface area contributed by atoms with Crippen molar-refractivity contribution in [3.8, 4) is 21.9 Å². The van der Waals surface area contributed by atoms with Crippen molar-refractivity contribution >= 4 is 49.7 Å². The zero-order chi connectivity index (χ0) is 30.0. The molecular weight excluding hydrogens is 582 g/mol. The van der Waals surface area contributed by atoms with E-state index in [1.54, 1.807) is 12.1 Å². The molecule has 1 aliphatic rings. The van der Waals surface area contributed by atoms with Crippen molar-refractivity contribution in [1.82, 2.24) is 0 Å². The van der Waals surface area contributed by atoms with Gasteiger partial charge in [-0.3, -0.25) is 4.79 Å². The summed E-state index contributed by atoms with van der Waals surface area (Å²) in [5.74, 6) is 0.340. The monoisotopic (exact) mass is 617 g/mol. The van der Waals surface area contributed by atoms with E-state index in [4.69, 9.17) is 8.85 Å². The molecule has 3 rings (SSSR count). The van der Waals surface area contributed by atoms with E-state index < -0.39 is 49.1 Å². The van der Waals surface area contributed by atoms with Gasteiger partial charge in [0.1, 0.15) is 5.75 Å². The van der Waals surface area contributed by atoms with Gasteiger partial charge < -0.3 is 8.85 Å². The smallest absolute Gasteiger partial charge is 0.501 e. The summed E-state index contributed by atoms with van der Waals surface area (Å²) in [5.41, 5.74) is -4.82. The third kappa shape index (κ3) is 6.08. The van der Waals surface area contributed by atoms with E-state index in [9.17, 15) is 26.4 Å². The topological polar surface area (TPSA) is 69.7 Å². The molecule has 1 radical (unpaired) electrons. The molecule has 1 heterocycles. The maximum Gasteiger partial charge on any atom is 0.501 e. The normalized spacial score (nSPS) is 15.6. The minimum Gasteiger partial charge on any atom is -0.541 e. The standard InChI is InChI=1S/C27H36F3O5S2Si2/c1-25(2,3)38(7,8)34-21-13-11-12-18(24(21)35-39(9,10)26(4,5)6)23-16-19-20(31)14-17(15-22(19)36-23)37(32,33)27(28,29)30/h11-13,15H,14H2,1-10H3. The predicted octanol–water partition coefficient (Wildman–Crippen LogP) is 8.85. The van der Waals surface area contributed by atoms with Crippen molar-refractivity contribution in [2.24, 2.45) is 0 Å². The first-order valence-electron chi connectivity index (χ1n) is 12.5. The third-order valence-electron chi connectivity index (χ3n) is 7.81. The Morgan fingerprint density at radius 1 is 0.923 bits per heavy atom. The maximum atomic E-state index is 13.2. The van der Waals surface area contributed by atoms with Crippen molar-refractivity contribution in [2.75, 3.05) is 0 Å². The Bertz CT molecular complexity index is 1420. The molecule has 1 aromatic heterocycles. The van der Waals surface area contributed by atoms with Gasteiger partial charge in [-0.25, -0.2) is 8.42 Å². The number of hydrogen-bond acceptors (Lipinski definition) is 6. The molecule has 215 valence electrons. The third-order valence-corrected chi connectivity index (χ3v) is 19.1. The fraction of sp³-hybridized carbons (Fsp3) is 0.519. The number of Topliss-reactive ketones (excluding diaryl/α,β-unsaturated/α-hetero) is 1.